The van der Waals surface area contributed by atoms with Crippen molar-refractivity contribution >= 4 is 23.5 Å². The Morgan fingerprint density at radius 1 is 0.884 bits per heavy atom. The third-order valence-electron chi connectivity index (χ3n) is 6.95. The molecule has 0 aliphatic carbocycles. The van der Waals surface area contributed by atoms with Gasteiger partial charge in [-0.25, -0.2) is 0 Å². The second-order valence-electron chi connectivity index (χ2n) is 11.6. The number of rotatable bonds is 2. The van der Waals surface area contributed by atoms with Crippen molar-refractivity contribution in [2.75, 3.05) is 56.7 Å². The van der Waals surface area contributed by atoms with Gasteiger partial charge < -0.3 is 35.5 Å². The van der Waals surface area contributed by atoms with Gasteiger partial charge in [-0.1, -0.05) is 26.0 Å². The van der Waals surface area contributed by atoms with E-state index >= 15 is 0 Å². The summed E-state index contributed by atoms with van der Waals surface area (Å²) in [6, 6.07) is 13.5. The largest absolute Gasteiger partial charge is 0.493 e. The molecule has 6 heterocycles. The molecule has 8 rings (SSSR count). The van der Waals surface area contributed by atoms with Crippen molar-refractivity contribution in [1.29, 1.82) is 0 Å². The molecule has 43 heavy (non-hydrogen) atoms. The summed E-state index contributed by atoms with van der Waals surface area (Å²) >= 11 is 0. The van der Waals surface area contributed by atoms with Crippen LogP contribution in [0.5, 0.6) is 11.8 Å². The molecule has 14 heteroatoms. The highest BCUT2D eigenvalue weighted by Crippen LogP contribution is 2.29. The summed E-state index contributed by atoms with van der Waals surface area (Å²) in [7, 11) is 0. The highest BCUT2D eigenvalue weighted by molar-refractivity contribution is 5.94. The molecular weight excluding hydrogens is 567 g/mol. The van der Waals surface area contributed by atoms with Crippen molar-refractivity contribution in [2.24, 2.45) is 10.8 Å². The van der Waals surface area contributed by atoms with Crippen LogP contribution < -0.4 is 30.7 Å². The molecule has 1 saturated heterocycles. The molecule has 0 unspecified atom stereocenters. The van der Waals surface area contributed by atoms with Crippen LogP contribution in [0.25, 0.3) is 0 Å². The Labute approximate surface area is 247 Å². The summed E-state index contributed by atoms with van der Waals surface area (Å²) < 4.78 is 54.8. The van der Waals surface area contributed by atoms with E-state index in [4.69, 9.17) is 14.2 Å². The number of ether oxygens (including phenoxy) is 3. The van der Waals surface area contributed by atoms with Gasteiger partial charge in [0.25, 0.3) is 5.91 Å². The van der Waals surface area contributed by atoms with Gasteiger partial charge in [0.1, 0.15) is 5.75 Å². The number of aromatic nitrogens is 3. The van der Waals surface area contributed by atoms with Crippen LogP contribution in [0.15, 0.2) is 48.5 Å². The fourth-order valence-electron chi connectivity index (χ4n) is 4.43. The van der Waals surface area contributed by atoms with Gasteiger partial charge in [-0.2, -0.15) is 28.1 Å². The first-order chi connectivity index (χ1) is 20.5. The van der Waals surface area contributed by atoms with Crippen LogP contribution in [-0.4, -0.2) is 73.1 Å². The number of alkyl halides is 3. The summed E-state index contributed by atoms with van der Waals surface area (Å²) in [6.45, 7) is 6.38. The van der Waals surface area contributed by atoms with E-state index in [0.29, 0.717) is 56.5 Å². The predicted octanol–water partition coefficient (Wildman–Crippen LogP) is 3.92. The van der Waals surface area contributed by atoms with Gasteiger partial charge in [0, 0.05) is 37.4 Å². The van der Waals surface area contributed by atoms with E-state index in [1.807, 2.05) is 24.3 Å². The first-order valence-electron chi connectivity index (χ1n) is 13.8. The highest BCUT2D eigenvalue weighted by atomic mass is 19.4. The van der Waals surface area contributed by atoms with Crippen LogP contribution in [-0.2, 0) is 11.3 Å². The van der Waals surface area contributed by atoms with Crippen LogP contribution >= 0.6 is 0 Å². The lowest BCUT2D eigenvalue weighted by Crippen LogP contribution is -2.54. The number of amides is 1. The minimum Gasteiger partial charge on any atom is -0.493 e. The number of nitrogens with one attached hydrogen (secondary N) is 4. The Hall–Kier alpha value is -4.17. The van der Waals surface area contributed by atoms with Gasteiger partial charge in [0.05, 0.1) is 25.2 Å². The number of hydrogen-bond donors (Lipinski definition) is 4. The Morgan fingerprint density at radius 2 is 1.60 bits per heavy atom. The maximum atomic E-state index is 12.8. The van der Waals surface area contributed by atoms with Crippen molar-refractivity contribution < 1.29 is 32.2 Å². The summed E-state index contributed by atoms with van der Waals surface area (Å²) in [5.74, 6) is 0.454. The fraction of sp³-hybridized carbons (Fsp3) is 0.448. The summed E-state index contributed by atoms with van der Waals surface area (Å²) in [5.41, 5.74) is 1.46. The zero-order chi connectivity index (χ0) is 30.5. The number of anilines is 3. The van der Waals surface area contributed by atoms with Gasteiger partial charge in [0.15, 0.2) is 6.61 Å². The van der Waals surface area contributed by atoms with Crippen LogP contribution in [0.4, 0.5) is 30.8 Å². The second kappa shape index (κ2) is 12.6. The highest BCUT2D eigenvalue weighted by Gasteiger charge is 2.39. The minimum absolute atomic E-state index is 0.0162. The number of hydrogen-bond acceptors (Lipinski definition) is 10. The Balaban J connectivity index is 1.38. The Bertz CT molecular complexity index is 1400. The Morgan fingerprint density at radius 3 is 2.28 bits per heavy atom. The van der Waals surface area contributed by atoms with Gasteiger partial charge in [0.2, 0.25) is 11.9 Å². The van der Waals surface area contributed by atoms with E-state index < -0.39 is 18.8 Å². The lowest BCUT2D eigenvalue weighted by Gasteiger charge is -2.42. The quantitative estimate of drug-likeness (QED) is 0.343. The van der Waals surface area contributed by atoms with E-state index in [9.17, 15) is 18.0 Å². The normalized spacial score (nSPS) is 18.8. The van der Waals surface area contributed by atoms with Gasteiger partial charge >= 0.3 is 12.2 Å². The first-order valence-corrected chi connectivity index (χ1v) is 13.8. The fourth-order valence-corrected chi connectivity index (χ4v) is 4.43. The van der Waals surface area contributed by atoms with Gasteiger partial charge in [-0.15, -0.1) is 0 Å². The van der Waals surface area contributed by atoms with E-state index in [2.05, 4.69) is 50.1 Å². The first kappa shape index (κ1) is 30.3. The van der Waals surface area contributed by atoms with Crippen LogP contribution in [0, 0.1) is 10.8 Å². The molecule has 2 aromatic carbocycles. The number of nitrogens with zero attached hydrogens (tertiary/aromatic N) is 3. The van der Waals surface area contributed by atoms with Crippen LogP contribution in [0.3, 0.4) is 0 Å². The molecule has 1 spiro atoms. The minimum atomic E-state index is -4.57. The molecule has 0 atom stereocenters. The maximum absolute atomic E-state index is 12.8. The molecule has 1 fully saturated rings. The summed E-state index contributed by atoms with van der Waals surface area (Å²) in [6.07, 6.45) is -4.57. The molecule has 5 aliphatic heterocycles. The Kier molecular flexibility index (Phi) is 8.87. The average molecular weight is 602 g/mol. The standard InChI is InChI=1S/C29H34F3N7O4/c1-27(2)12-33-14-28(15-41-16-28)17-42-22-9-3-19(4-10-22)11-34-24-37-25(39-26(38-24)43-18-29(30,31)32)36-21-7-5-20(6-8-21)23(40)35-13-27/h3-10,33H,11-18H2,1-2H3,(H,35,40)(H2,34,36,37,38,39). The molecule has 4 N–H and O–H groups in total. The van der Waals surface area contributed by atoms with Crippen molar-refractivity contribution in [3.8, 4) is 11.8 Å². The molecule has 0 saturated carbocycles. The van der Waals surface area contributed by atoms with Gasteiger partial charge in [-0.3, -0.25) is 4.79 Å². The summed E-state index contributed by atoms with van der Waals surface area (Å²) in [5, 5.41) is 12.5. The SMILES string of the molecule is CC1(C)CNCC2(COC2)COc2ccc(cc2)CNc2nc(nc(OCC(F)(F)F)n2)Nc2ccc(cc2)C(=O)NC1. The maximum Gasteiger partial charge on any atom is 0.422 e. The van der Waals surface area contributed by atoms with E-state index in [1.54, 1.807) is 24.3 Å². The molecule has 3 aromatic rings. The van der Waals surface area contributed by atoms with E-state index in [1.165, 1.54) is 0 Å². The van der Waals surface area contributed by atoms with Crippen LogP contribution in [0.1, 0.15) is 29.8 Å². The number of benzene rings is 2. The number of carbonyl (C=O) groups excluding carboxylic acids is 1. The molecular formula is C29H34F3N7O4. The predicted molar refractivity (Wildman–Crippen MR) is 153 cm³/mol. The van der Waals surface area contributed by atoms with Crippen molar-refractivity contribution in [2.45, 2.75) is 26.6 Å². The molecule has 1 aromatic heterocycles. The lowest BCUT2D eigenvalue weighted by molar-refractivity contribution is -0.154. The monoisotopic (exact) mass is 601 g/mol. The molecule has 11 nitrogen and oxygen atoms in total. The molecule has 5 aliphatic rings. The molecule has 1 amide bonds. The van der Waals surface area contributed by atoms with Crippen molar-refractivity contribution in [1.82, 2.24) is 25.6 Å². The third-order valence-corrected chi connectivity index (χ3v) is 6.95. The molecule has 6 bridgehead atoms. The van der Waals surface area contributed by atoms with Gasteiger partial charge in [-0.05, 0) is 47.4 Å². The number of carbonyl (C=O) groups is 1. The number of halogens is 3. The second-order valence-corrected chi connectivity index (χ2v) is 11.6. The zero-order valence-corrected chi connectivity index (χ0v) is 23.9. The van der Waals surface area contributed by atoms with Crippen molar-refractivity contribution in [3.63, 3.8) is 0 Å². The van der Waals surface area contributed by atoms with Crippen molar-refractivity contribution in [3.05, 3.63) is 59.7 Å². The third kappa shape index (κ3) is 8.67. The topological polar surface area (TPSA) is 132 Å². The molecule has 0 radical (unpaired) electrons. The lowest BCUT2D eigenvalue weighted by atomic mass is 9.86. The molecule has 230 valence electrons. The summed E-state index contributed by atoms with van der Waals surface area (Å²) in [4.78, 5) is 25.1. The van der Waals surface area contributed by atoms with E-state index in [0.717, 1.165) is 5.56 Å². The average Bonchev–Trinajstić information content (AvgIpc) is 2.95. The zero-order valence-electron chi connectivity index (χ0n) is 23.9. The van der Waals surface area contributed by atoms with Crippen LogP contribution in [0.2, 0.25) is 0 Å². The smallest absolute Gasteiger partial charge is 0.422 e. The van der Waals surface area contributed by atoms with E-state index in [-0.39, 0.29) is 35.2 Å².